The first kappa shape index (κ1) is 23.6. The Balaban J connectivity index is 1.72. The van der Waals surface area contributed by atoms with Crippen LogP contribution in [0, 0.1) is 5.92 Å². The van der Waals surface area contributed by atoms with Gasteiger partial charge in [-0.1, -0.05) is 74.7 Å². The van der Waals surface area contributed by atoms with E-state index >= 15 is 0 Å². The Bertz CT molecular complexity index is 816. The van der Waals surface area contributed by atoms with E-state index in [0.29, 0.717) is 19.3 Å². The average molecular weight is 425 g/mol. The molecular formula is C27H36O4. The van der Waals surface area contributed by atoms with Crippen LogP contribution in [-0.2, 0) is 17.6 Å². The maximum Gasteiger partial charge on any atom is 0.120 e. The summed E-state index contributed by atoms with van der Waals surface area (Å²) in [6.07, 6.45) is 5.66. The number of carbonyl (C=O) groups is 1. The molecule has 3 rings (SSSR count). The topological polar surface area (TPSA) is 77.8 Å². The van der Waals surface area contributed by atoms with E-state index in [1.165, 1.54) is 0 Å². The molecule has 4 heteroatoms. The normalized spacial score (nSPS) is 24.3. The van der Waals surface area contributed by atoms with Crippen molar-refractivity contribution in [1.82, 2.24) is 0 Å². The van der Waals surface area contributed by atoms with Gasteiger partial charge in [0.15, 0.2) is 0 Å². The van der Waals surface area contributed by atoms with Gasteiger partial charge in [-0.3, -0.25) is 0 Å². The fourth-order valence-electron chi connectivity index (χ4n) is 4.93. The molecular weight excluding hydrogens is 388 g/mol. The zero-order valence-electron chi connectivity index (χ0n) is 18.5. The summed E-state index contributed by atoms with van der Waals surface area (Å²) in [5.74, 6) is -0.212. The molecule has 2 aromatic carbocycles. The predicted molar refractivity (Wildman–Crippen MR) is 123 cm³/mol. The lowest BCUT2D eigenvalue weighted by Gasteiger charge is -2.25. The third-order valence-corrected chi connectivity index (χ3v) is 6.65. The maximum atomic E-state index is 10.7. The van der Waals surface area contributed by atoms with E-state index in [1.807, 2.05) is 36.4 Å². The first-order valence-corrected chi connectivity index (χ1v) is 11.7. The smallest absolute Gasteiger partial charge is 0.120 e. The summed E-state index contributed by atoms with van der Waals surface area (Å²) < 4.78 is 0. The Labute approximate surface area is 186 Å². The van der Waals surface area contributed by atoms with Crippen molar-refractivity contribution < 1.29 is 20.1 Å². The van der Waals surface area contributed by atoms with Gasteiger partial charge in [0, 0.05) is 18.8 Å². The van der Waals surface area contributed by atoms with Gasteiger partial charge in [-0.2, -0.15) is 0 Å². The fraction of sp³-hybridized carbons (Fsp3) is 0.519. The highest BCUT2D eigenvalue weighted by Crippen LogP contribution is 2.42. The van der Waals surface area contributed by atoms with Gasteiger partial charge in [0.05, 0.1) is 18.3 Å². The second kappa shape index (κ2) is 11.6. The number of rotatable bonds is 11. The monoisotopic (exact) mass is 424 g/mol. The van der Waals surface area contributed by atoms with Gasteiger partial charge in [0.1, 0.15) is 6.29 Å². The van der Waals surface area contributed by atoms with Crippen molar-refractivity contribution in [3.63, 3.8) is 0 Å². The van der Waals surface area contributed by atoms with Crippen LogP contribution in [0.2, 0.25) is 0 Å². The van der Waals surface area contributed by atoms with E-state index in [4.69, 9.17) is 0 Å². The van der Waals surface area contributed by atoms with E-state index < -0.39 is 18.3 Å². The molecule has 0 aliphatic heterocycles. The molecule has 1 saturated carbocycles. The number of aliphatic hydroxyl groups excluding tert-OH is 3. The summed E-state index contributed by atoms with van der Waals surface area (Å²) in [4.78, 5) is 10.7. The molecule has 2 unspecified atom stereocenters. The van der Waals surface area contributed by atoms with Crippen molar-refractivity contribution in [3.05, 3.63) is 70.8 Å². The Morgan fingerprint density at radius 1 is 1.03 bits per heavy atom. The van der Waals surface area contributed by atoms with E-state index in [2.05, 4.69) is 19.1 Å². The minimum Gasteiger partial charge on any atom is -0.393 e. The number of aryl methyl sites for hydroxylation is 1. The van der Waals surface area contributed by atoms with E-state index in [-0.39, 0.29) is 11.8 Å². The number of unbranched alkanes of at least 4 members (excludes halogenated alkanes) is 2. The highest BCUT2D eigenvalue weighted by molar-refractivity contribution is 5.50. The minimum atomic E-state index is -0.585. The van der Waals surface area contributed by atoms with Crippen LogP contribution >= 0.6 is 0 Å². The van der Waals surface area contributed by atoms with Gasteiger partial charge >= 0.3 is 0 Å². The standard InChI is InChI=1S/C27H36O4/c1-2-3-4-10-24(29)21-11-13-22(14-12-21)27-23(25(30)18-26(27)31)17-20-8-5-7-19(16-20)9-6-15-28/h5,7-8,11-16,23-27,29-31H,2-4,6,9-10,17-18H2,1H3/t23-,24?,25-,26+,27?/m0/s1. The lowest BCUT2D eigenvalue weighted by atomic mass is 9.82. The Morgan fingerprint density at radius 3 is 2.48 bits per heavy atom. The van der Waals surface area contributed by atoms with Crippen molar-refractivity contribution in [2.75, 3.05) is 0 Å². The number of benzene rings is 2. The molecule has 2 aromatic rings. The van der Waals surface area contributed by atoms with E-state index in [9.17, 15) is 20.1 Å². The molecule has 0 amide bonds. The van der Waals surface area contributed by atoms with Gasteiger partial charge in [-0.15, -0.1) is 0 Å². The quantitative estimate of drug-likeness (QED) is 0.367. The fourth-order valence-corrected chi connectivity index (χ4v) is 4.93. The number of aldehydes is 1. The van der Waals surface area contributed by atoms with Crippen LogP contribution in [0.3, 0.4) is 0 Å². The summed E-state index contributed by atoms with van der Waals surface area (Å²) in [6, 6.07) is 16.1. The largest absolute Gasteiger partial charge is 0.393 e. The molecule has 0 spiro atoms. The molecule has 31 heavy (non-hydrogen) atoms. The number of hydrogen-bond donors (Lipinski definition) is 3. The van der Waals surface area contributed by atoms with E-state index in [1.54, 1.807) is 0 Å². The van der Waals surface area contributed by atoms with Crippen LogP contribution in [0.5, 0.6) is 0 Å². The van der Waals surface area contributed by atoms with Gasteiger partial charge in [-0.25, -0.2) is 0 Å². The first-order chi connectivity index (χ1) is 15.0. The number of hydrogen-bond acceptors (Lipinski definition) is 4. The first-order valence-electron chi connectivity index (χ1n) is 11.7. The number of aliphatic hydroxyl groups is 3. The molecule has 0 aromatic heterocycles. The van der Waals surface area contributed by atoms with Crippen LogP contribution in [0.15, 0.2) is 48.5 Å². The third-order valence-electron chi connectivity index (χ3n) is 6.65. The van der Waals surface area contributed by atoms with Crippen molar-refractivity contribution in [2.45, 2.75) is 82.5 Å². The molecule has 3 N–H and O–H groups in total. The summed E-state index contributed by atoms with van der Waals surface area (Å²) in [5.41, 5.74) is 4.16. The highest BCUT2D eigenvalue weighted by atomic mass is 16.3. The zero-order chi connectivity index (χ0) is 22.2. The SMILES string of the molecule is CCCCCC(O)c1ccc(C2[C@H](O)C[C@H](O)[C@@H]2Cc2cccc(CCC=O)c2)cc1. The Kier molecular flexibility index (Phi) is 8.82. The van der Waals surface area contributed by atoms with Crippen LogP contribution in [0.4, 0.5) is 0 Å². The summed E-state index contributed by atoms with van der Waals surface area (Å²) in [6.45, 7) is 2.15. The number of carbonyl (C=O) groups excluding carboxylic acids is 1. The summed E-state index contributed by atoms with van der Waals surface area (Å²) in [7, 11) is 0. The second-order valence-electron chi connectivity index (χ2n) is 8.97. The van der Waals surface area contributed by atoms with Crippen molar-refractivity contribution in [2.24, 2.45) is 5.92 Å². The lowest BCUT2D eigenvalue weighted by Crippen LogP contribution is -2.22. The van der Waals surface area contributed by atoms with Gasteiger partial charge < -0.3 is 20.1 Å². The van der Waals surface area contributed by atoms with E-state index in [0.717, 1.165) is 60.6 Å². The van der Waals surface area contributed by atoms with Gasteiger partial charge in [0.25, 0.3) is 0 Å². The molecule has 1 aliphatic carbocycles. The van der Waals surface area contributed by atoms with Crippen LogP contribution < -0.4 is 0 Å². The van der Waals surface area contributed by atoms with Gasteiger partial charge in [-0.05, 0) is 47.4 Å². The minimum absolute atomic E-state index is 0.0725. The molecule has 0 radical (unpaired) electrons. The second-order valence-corrected chi connectivity index (χ2v) is 8.97. The maximum absolute atomic E-state index is 10.7. The van der Waals surface area contributed by atoms with Crippen molar-refractivity contribution in [1.29, 1.82) is 0 Å². The Hall–Kier alpha value is -2.01. The molecule has 0 heterocycles. The molecule has 1 fully saturated rings. The molecule has 0 saturated heterocycles. The summed E-state index contributed by atoms with van der Waals surface area (Å²) in [5, 5.41) is 31.8. The molecule has 0 bridgehead atoms. The summed E-state index contributed by atoms with van der Waals surface area (Å²) >= 11 is 0. The highest BCUT2D eigenvalue weighted by Gasteiger charge is 2.42. The van der Waals surface area contributed by atoms with Crippen LogP contribution in [0.25, 0.3) is 0 Å². The van der Waals surface area contributed by atoms with Crippen LogP contribution in [-0.4, -0.2) is 33.8 Å². The molecule has 5 atom stereocenters. The molecule has 1 aliphatic rings. The van der Waals surface area contributed by atoms with Gasteiger partial charge in [0.2, 0.25) is 0 Å². The van der Waals surface area contributed by atoms with Crippen molar-refractivity contribution >= 4 is 6.29 Å². The lowest BCUT2D eigenvalue weighted by molar-refractivity contribution is -0.107. The van der Waals surface area contributed by atoms with Crippen LogP contribution in [0.1, 0.15) is 79.7 Å². The Morgan fingerprint density at radius 2 is 1.77 bits per heavy atom. The molecule has 4 nitrogen and oxygen atoms in total. The third kappa shape index (κ3) is 6.25. The average Bonchev–Trinajstić information content (AvgIpc) is 3.05. The predicted octanol–water partition coefficient (Wildman–Crippen LogP) is 4.50. The molecule has 168 valence electrons. The zero-order valence-corrected chi connectivity index (χ0v) is 18.5. The van der Waals surface area contributed by atoms with Crippen molar-refractivity contribution in [3.8, 4) is 0 Å².